The highest BCUT2D eigenvalue weighted by atomic mass is 32.2. The molecule has 0 spiro atoms. The van der Waals surface area contributed by atoms with Gasteiger partial charge in [0.2, 0.25) is 5.91 Å². The van der Waals surface area contributed by atoms with Gasteiger partial charge in [-0.15, -0.1) is 0 Å². The Morgan fingerprint density at radius 3 is 2.86 bits per heavy atom. The second-order valence-electron chi connectivity index (χ2n) is 6.27. The van der Waals surface area contributed by atoms with Crippen LogP contribution in [0.2, 0.25) is 0 Å². The van der Waals surface area contributed by atoms with Crippen LogP contribution in [0.25, 0.3) is 0 Å². The molecular formula is C17H24N2OS. The Hall–Kier alpha value is -1.00. The van der Waals surface area contributed by atoms with Crippen LogP contribution in [0.1, 0.15) is 42.6 Å². The number of hydrogen-bond donors (Lipinski definition) is 1. The van der Waals surface area contributed by atoms with Crippen molar-refractivity contribution in [1.29, 1.82) is 0 Å². The predicted octanol–water partition coefficient (Wildman–Crippen LogP) is 3.02. The highest BCUT2D eigenvalue weighted by Gasteiger charge is 2.41. The number of carbonyl (C=O) groups excluding carboxylic acids is 1. The van der Waals surface area contributed by atoms with Crippen LogP contribution in [0, 0.1) is 13.8 Å². The molecule has 3 rings (SSSR count). The van der Waals surface area contributed by atoms with Gasteiger partial charge in [0.25, 0.3) is 0 Å². The molecule has 4 heteroatoms. The predicted molar refractivity (Wildman–Crippen MR) is 88.4 cm³/mol. The lowest BCUT2D eigenvalue weighted by molar-refractivity contribution is -0.131. The van der Waals surface area contributed by atoms with Gasteiger partial charge in [-0.2, -0.15) is 11.8 Å². The van der Waals surface area contributed by atoms with Gasteiger partial charge in [-0.25, -0.2) is 0 Å². The van der Waals surface area contributed by atoms with E-state index >= 15 is 0 Å². The zero-order valence-corrected chi connectivity index (χ0v) is 13.9. The first kappa shape index (κ1) is 14.9. The van der Waals surface area contributed by atoms with E-state index < -0.39 is 0 Å². The topological polar surface area (TPSA) is 32.3 Å². The number of benzene rings is 1. The third-order valence-electron chi connectivity index (χ3n) is 4.57. The number of hydrogen-bond acceptors (Lipinski definition) is 3. The van der Waals surface area contributed by atoms with E-state index in [2.05, 4.69) is 42.3 Å². The van der Waals surface area contributed by atoms with Crippen molar-refractivity contribution in [1.82, 2.24) is 10.2 Å². The summed E-state index contributed by atoms with van der Waals surface area (Å²) < 4.78 is 0. The maximum atomic E-state index is 12.6. The van der Waals surface area contributed by atoms with Gasteiger partial charge in [-0.1, -0.05) is 23.8 Å². The van der Waals surface area contributed by atoms with E-state index in [1.165, 1.54) is 28.9 Å². The fraction of sp³-hybridized carbons (Fsp3) is 0.588. The number of thioether (sulfide) groups is 1. The number of aryl methyl sites for hydroxylation is 2. The zero-order chi connectivity index (χ0) is 15.0. The summed E-state index contributed by atoms with van der Waals surface area (Å²) in [5, 5.41) is 3.50. The van der Waals surface area contributed by atoms with Gasteiger partial charge in [0.05, 0.1) is 6.04 Å². The number of rotatable bonds is 2. The number of nitrogens with one attached hydrogen (secondary N) is 1. The Kier molecular flexibility index (Phi) is 4.27. The molecule has 0 radical (unpaired) electrons. The molecule has 21 heavy (non-hydrogen) atoms. The van der Waals surface area contributed by atoms with Crippen LogP contribution in [0.5, 0.6) is 0 Å². The van der Waals surface area contributed by atoms with E-state index in [1.54, 1.807) is 0 Å². The Bertz CT molecular complexity index is 540. The molecule has 1 aromatic rings. The van der Waals surface area contributed by atoms with Crippen molar-refractivity contribution in [2.45, 2.75) is 51.9 Å². The van der Waals surface area contributed by atoms with Gasteiger partial charge >= 0.3 is 0 Å². The second-order valence-corrected chi connectivity index (χ2v) is 7.42. The SMILES string of the molecule is Cc1ccc(C)c(C2NC(C)C(=O)N2C2CCCSC2)c1. The Morgan fingerprint density at radius 1 is 1.33 bits per heavy atom. The molecule has 2 fully saturated rings. The van der Waals surface area contributed by atoms with Gasteiger partial charge in [-0.05, 0) is 50.5 Å². The van der Waals surface area contributed by atoms with Crippen molar-refractivity contribution >= 4 is 17.7 Å². The van der Waals surface area contributed by atoms with Crippen molar-refractivity contribution in [2.24, 2.45) is 0 Å². The largest absolute Gasteiger partial charge is 0.318 e. The third-order valence-corrected chi connectivity index (χ3v) is 5.77. The van der Waals surface area contributed by atoms with E-state index in [-0.39, 0.29) is 18.1 Å². The van der Waals surface area contributed by atoms with E-state index in [0.29, 0.717) is 6.04 Å². The average Bonchev–Trinajstić information content (AvgIpc) is 2.78. The van der Waals surface area contributed by atoms with Crippen LogP contribution in [0.3, 0.4) is 0 Å². The molecule has 2 saturated heterocycles. The first-order valence-electron chi connectivity index (χ1n) is 7.81. The van der Waals surface area contributed by atoms with Gasteiger partial charge in [0.1, 0.15) is 6.17 Å². The van der Waals surface area contributed by atoms with Crippen molar-refractivity contribution in [3.8, 4) is 0 Å². The molecule has 0 aromatic heterocycles. The van der Waals surface area contributed by atoms with Crippen LogP contribution < -0.4 is 5.32 Å². The van der Waals surface area contributed by atoms with Crippen LogP contribution >= 0.6 is 11.8 Å². The van der Waals surface area contributed by atoms with Crippen LogP contribution in [-0.2, 0) is 4.79 Å². The van der Waals surface area contributed by atoms with Crippen molar-refractivity contribution in [2.75, 3.05) is 11.5 Å². The fourth-order valence-electron chi connectivity index (χ4n) is 3.37. The standard InChI is InChI=1S/C17H24N2OS/c1-11-6-7-12(2)15(9-11)16-18-13(3)17(20)19(16)14-5-4-8-21-10-14/h6-7,9,13-14,16,18H,4-5,8,10H2,1-3H3. The molecule has 2 aliphatic heterocycles. The molecule has 0 saturated carbocycles. The Morgan fingerprint density at radius 2 is 2.14 bits per heavy atom. The lowest BCUT2D eigenvalue weighted by atomic mass is 10.0. The summed E-state index contributed by atoms with van der Waals surface area (Å²) in [7, 11) is 0. The summed E-state index contributed by atoms with van der Waals surface area (Å²) in [6, 6.07) is 6.81. The number of carbonyl (C=O) groups is 1. The summed E-state index contributed by atoms with van der Waals surface area (Å²) in [5.41, 5.74) is 3.76. The molecular weight excluding hydrogens is 280 g/mol. The van der Waals surface area contributed by atoms with Gasteiger partial charge < -0.3 is 4.90 Å². The Labute approximate surface area is 131 Å². The van der Waals surface area contributed by atoms with Gasteiger partial charge in [-0.3, -0.25) is 10.1 Å². The summed E-state index contributed by atoms with van der Waals surface area (Å²) >= 11 is 1.98. The Balaban J connectivity index is 1.94. The quantitative estimate of drug-likeness (QED) is 0.911. The second kappa shape index (κ2) is 6.01. The van der Waals surface area contributed by atoms with Gasteiger partial charge in [0.15, 0.2) is 0 Å². The first-order chi connectivity index (χ1) is 10.1. The lowest BCUT2D eigenvalue weighted by Crippen LogP contribution is -2.43. The monoisotopic (exact) mass is 304 g/mol. The first-order valence-corrected chi connectivity index (χ1v) is 8.96. The summed E-state index contributed by atoms with van der Waals surface area (Å²) in [5.74, 6) is 2.56. The number of nitrogens with zero attached hydrogens (tertiary/aromatic N) is 1. The molecule has 1 aromatic carbocycles. The molecule has 114 valence electrons. The van der Waals surface area contributed by atoms with Crippen molar-refractivity contribution in [3.05, 3.63) is 34.9 Å². The molecule has 3 nitrogen and oxygen atoms in total. The van der Waals surface area contributed by atoms with Gasteiger partial charge in [0, 0.05) is 11.8 Å². The fourth-order valence-corrected chi connectivity index (χ4v) is 4.50. The molecule has 3 atom stereocenters. The van der Waals surface area contributed by atoms with E-state index in [9.17, 15) is 4.79 Å². The minimum absolute atomic E-state index is 0.0381. The summed E-state index contributed by atoms with van der Waals surface area (Å²) in [6.07, 6.45) is 2.39. The number of amides is 1. The maximum absolute atomic E-state index is 12.6. The normalized spacial score (nSPS) is 30.0. The van der Waals surface area contributed by atoms with E-state index in [0.717, 1.165) is 12.2 Å². The van der Waals surface area contributed by atoms with Crippen molar-refractivity contribution in [3.63, 3.8) is 0 Å². The molecule has 1 amide bonds. The van der Waals surface area contributed by atoms with Crippen LogP contribution in [0.4, 0.5) is 0 Å². The molecule has 0 bridgehead atoms. The minimum atomic E-state index is -0.0816. The molecule has 1 N–H and O–H groups in total. The molecule has 2 heterocycles. The molecule has 2 aliphatic rings. The lowest BCUT2D eigenvalue weighted by Gasteiger charge is -2.35. The minimum Gasteiger partial charge on any atom is -0.318 e. The van der Waals surface area contributed by atoms with E-state index in [4.69, 9.17) is 0 Å². The summed E-state index contributed by atoms with van der Waals surface area (Å²) in [4.78, 5) is 14.8. The van der Waals surface area contributed by atoms with Crippen LogP contribution in [-0.4, -0.2) is 34.4 Å². The average molecular weight is 304 g/mol. The highest BCUT2D eigenvalue weighted by Crippen LogP contribution is 2.34. The summed E-state index contributed by atoms with van der Waals surface area (Å²) in [6.45, 7) is 6.23. The van der Waals surface area contributed by atoms with Crippen molar-refractivity contribution < 1.29 is 4.79 Å². The highest BCUT2D eigenvalue weighted by molar-refractivity contribution is 7.99. The molecule has 0 aliphatic carbocycles. The van der Waals surface area contributed by atoms with E-state index in [1.807, 2.05) is 18.7 Å². The van der Waals surface area contributed by atoms with Crippen LogP contribution in [0.15, 0.2) is 18.2 Å². The third kappa shape index (κ3) is 2.84. The smallest absolute Gasteiger partial charge is 0.241 e. The molecule has 3 unspecified atom stereocenters. The zero-order valence-electron chi connectivity index (χ0n) is 13.1. The maximum Gasteiger partial charge on any atom is 0.241 e.